The van der Waals surface area contributed by atoms with E-state index < -0.39 is 0 Å². The lowest BCUT2D eigenvalue weighted by atomic mass is 10.1. The number of imidazole rings is 1. The number of benzene rings is 1. The van der Waals surface area contributed by atoms with E-state index in [9.17, 15) is 0 Å². The van der Waals surface area contributed by atoms with Crippen molar-refractivity contribution in [3.05, 3.63) is 54.9 Å². The summed E-state index contributed by atoms with van der Waals surface area (Å²) in [4.78, 5) is 4.60. The van der Waals surface area contributed by atoms with E-state index in [1.54, 1.807) is 0 Å². The molecule has 3 rings (SSSR count). The molecule has 0 radical (unpaired) electrons. The van der Waals surface area contributed by atoms with Crippen molar-refractivity contribution in [2.75, 3.05) is 0 Å². The molecule has 3 nitrogen and oxygen atoms in total. The minimum absolute atomic E-state index is 0.195. The van der Waals surface area contributed by atoms with E-state index in [1.165, 1.54) is 0 Å². The smallest absolute Gasteiger partial charge is 0.137 e. The van der Waals surface area contributed by atoms with Gasteiger partial charge >= 0.3 is 0 Å². The third-order valence-electron chi connectivity index (χ3n) is 2.89. The standard InChI is InChI=1S/C16H16N2O/c1-12(2)19-14-8-6-13(7-9-14)15-11-18-10-4-3-5-16(18)17-15/h3-12H,1-2H3. The number of hydrogen-bond donors (Lipinski definition) is 0. The van der Waals surface area contributed by atoms with Crippen molar-refractivity contribution in [1.29, 1.82) is 0 Å². The largest absolute Gasteiger partial charge is 0.491 e. The Labute approximate surface area is 112 Å². The molecule has 0 bridgehead atoms. The summed E-state index contributed by atoms with van der Waals surface area (Å²) in [6, 6.07) is 14.0. The Balaban J connectivity index is 1.93. The van der Waals surface area contributed by atoms with Crippen LogP contribution in [0.15, 0.2) is 54.9 Å². The Bertz CT molecular complexity index is 650. The Hall–Kier alpha value is -2.29. The van der Waals surface area contributed by atoms with Gasteiger partial charge in [0.25, 0.3) is 0 Å². The van der Waals surface area contributed by atoms with Gasteiger partial charge in [0.15, 0.2) is 0 Å². The molecular weight excluding hydrogens is 236 g/mol. The molecule has 0 atom stereocenters. The number of nitrogens with zero attached hydrogens (tertiary/aromatic N) is 2. The highest BCUT2D eigenvalue weighted by atomic mass is 16.5. The van der Waals surface area contributed by atoms with Crippen molar-refractivity contribution in [2.24, 2.45) is 0 Å². The van der Waals surface area contributed by atoms with Crippen LogP contribution < -0.4 is 4.74 Å². The first kappa shape index (κ1) is 11.8. The number of hydrogen-bond acceptors (Lipinski definition) is 2. The zero-order valence-corrected chi connectivity index (χ0v) is 11.1. The van der Waals surface area contributed by atoms with E-state index in [1.807, 2.05) is 73.1 Å². The summed E-state index contributed by atoms with van der Waals surface area (Å²) >= 11 is 0. The van der Waals surface area contributed by atoms with Gasteiger partial charge in [-0.1, -0.05) is 6.07 Å². The summed E-state index contributed by atoms with van der Waals surface area (Å²) in [5.74, 6) is 0.891. The van der Waals surface area contributed by atoms with Crippen LogP contribution in [-0.4, -0.2) is 15.5 Å². The average Bonchev–Trinajstić information content (AvgIpc) is 2.82. The third kappa shape index (κ3) is 2.45. The van der Waals surface area contributed by atoms with Crippen molar-refractivity contribution < 1.29 is 4.74 Å². The van der Waals surface area contributed by atoms with Crippen molar-refractivity contribution in [2.45, 2.75) is 20.0 Å². The van der Waals surface area contributed by atoms with Gasteiger partial charge in [-0.05, 0) is 50.2 Å². The summed E-state index contributed by atoms with van der Waals surface area (Å²) in [5.41, 5.74) is 3.03. The zero-order valence-electron chi connectivity index (χ0n) is 11.1. The molecule has 3 heteroatoms. The topological polar surface area (TPSA) is 26.5 Å². The Kier molecular flexibility index (Phi) is 2.95. The van der Waals surface area contributed by atoms with E-state index in [0.717, 1.165) is 22.7 Å². The molecule has 1 aromatic carbocycles. The maximum atomic E-state index is 5.64. The number of fused-ring (bicyclic) bond motifs is 1. The minimum atomic E-state index is 0.195. The molecule has 0 aliphatic carbocycles. The third-order valence-corrected chi connectivity index (χ3v) is 2.89. The summed E-state index contributed by atoms with van der Waals surface area (Å²) in [5, 5.41) is 0. The fraction of sp³-hybridized carbons (Fsp3) is 0.188. The molecule has 0 amide bonds. The highest BCUT2D eigenvalue weighted by Gasteiger charge is 2.04. The van der Waals surface area contributed by atoms with Gasteiger partial charge in [-0.3, -0.25) is 0 Å². The molecule has 0 fully saturated rings. The van der Waals surface area contributed by atoms with Crippen molar-refractivity contribution in [3.8, 4) is 17.0 Å². The fourth-order valence-corrected chi connectivity index (χ4v) is 2.05. The second kappa shape index (κ2) is 4.76. The quantitative estimate of drug-likeness (QED) is 0.709. The number of rotatable bonds is 3. The average molecular weight is 252 g/mol. The molecule has 0 N–H and O–H groups in total. The van der Waals surface area contributed by atoms with Crippen LogP contribution in [0.2, 0.25) is 0 Å². The molecule has 3 aromatic rings. The predicted octanol–water partition coefficient (Wildman–Crippen LogP) is 3.79. The molecule has 0 aliphatic rings. The molecule has 96 valence electrons. The van der Waals surface area contributed by atoms with Crippen LogP contribution >= 0.6 is 0 Å². The van der Waals surface area contributed by atoms with Crippen LogP contribution in [0.25, 0.3) is 16.9 Å². The van der Waals surface area contributed by atoms with E-state index in [4.69, 9.17) is 4.74 Å². The molecule has 0 saturated heterocycles. The second-order valence-electron chi connectivity index (χ2n) is 4.78. The molecule has 2 aromatic heterocycles. The first-order valence-corrected chi connectivity index (χ1v) is 6.43. The van der Waals surface area contributed by atoms with Gasteiger partial charge in [0.05, 0.1) is 11.8 Å². The van der Waals surface area contributed by atoms with Crippen molar-refractivity contribution >= 4 is 5.65 Å². The van der Waals surface area contributed by atoms with Crippen molar-refractivity contribution in [3.63, 3.8) is 0 Å². The Morgan fingerprint density at radius 3 is 2.53 bits per heavy atom. The van der Waals surface area contributed by atoms with E-state index in [2.05, 4.69) is 4.98 Å². The van der Waals surface area contributed by atoms with E-state index in [-0.39, 0.29) is 6.10 Å². The Morgan fingerprint density at radius 1 is 1.05 bits per heavy atom. The van der Waals surface area contributed by atoms with Gasteiger partial charge in [0.2, 0.25) is 0 Å². The van der Waals surface area contributed by atoms with Gasteiger partial charge in [0.1, 0.15) is 11.4 Å². The van der Waals surface area contributed by atoms with Crippen LogP contribution in [-0.2, 0) is 0 Å². The molecule has 0 saturated carbocycles. The first-order valence-electron chi connectivity index (χ1n) is 6.43. The van der Waals surface area contributed by atoms with Gasteiger partial charge in [-0.2, -0.15) is 0 Å². The summed E-state index contributed by atoms with van der Waals surface area (Å²) in [6.07, 6.45) is 4.23. The van der Waals surface area contributed by atoms with Crippen LogP contribution in [0, 0.1) is 0 Å². The molecular formula is C16H16N2O. The first-order chi connectivity index (χ1) is 9.22. The minimum Gasteiger partial charge on any atom is -0.491 e. The van der Waals surface area contributed by atoms with Crippen LogP contribution in [0.1, 0.15) is 13.8 Å². The van der Waals surface area contributed by atoms with Gasteiger partial charge in [0, 0.05) is 18.0 Å². The lowest BCUT2D eigenvalue weighted by Crippen LogP contribution is -2.05. The monoisotopic (exact) mass is 252 g/mol. The number of aromatic nitrogens is 2. The van der Waals surface area contributed by atoms with Gasteiger partial charge < -0.3 is 9.14 Å². The van der Waals surface area contributed by atoms with E-state index >= 15 is 0 Å². The molecule has 19 heavy (non-hydrogen) atoms. The van der Waals surface area contributed by atoms with Crippen LogP contribution in [0.5, 0.6) is 5.75 Å². The Morgan fingerprint density at radius 2 is 1.84 bits per heavy atom. The SMILES string of the molecule is CC(C)Oc1ccc(-c2cn3ccccc3n2)cc1. The van der Waals surface area contributed by atoms with Crippen molar-refractivity contribution in [1.82, 2.24) is 9.38 Å². The number of ether oxygens (including phenoxy) is 1. The lowest BCUT2D eigenvalue weighted by Gasteiger charge is -2.09. The highest BCUT2D eigenvalue weighted by molar-refractivity contribution is 5.63. The summed E-state index contributed by atoms with van der Waals surface area (Å²) in [6.45, 7) is 4.05. The fourth-order valence-electron chi connectivity index (χ4n) is 2.05. The summed E-state index contributed by atoms with van der Waals surface area (Å²) < 4.78 is 7.66. The normalized spacial score (nSPS) is 11.1. The second-order valence-corrected chi connectivity index (χ2v) is 4.78. The molecule has 0 aliphatic heterocycles. The highest BCUT2D eigenvalue weighted by Crippen LogP contribution is 2.22. The molecule has 0 spiro atoms. The van der Waals surface area contributed by atoms with Gasteiger partial charge in [-0.25, -0.2) is 4.98 Å². The number of pyridine rings is 1. The lowest BCUT2D eigenvalue weighted by molar-refractivity contribution is 0.242. The molecule has 2 heterocycles. The maximum Gasteiger partial charge on any atom is 0.137 e. The van der Waals surface area contributed by atoms with E-state index in [0.29, 0.717) is 0 Å². The zero-order chi connectivity index (χ0) is 13.2. The van der Waals surface area contributed by atoms with Crippen LogP contribution in [0.3, 0.4) is 0 Å². The van der Waals surface area contributed by atoms with Crippen LogP contribution in [0.4, 0.5) is 0 Å². The molecule has 0 unspecified atom stereocenters. The van der Waals surface area contributed by atoms with Gasteiger partial charge in [-0.15, -0.1) is 0 Å². The maximum absolute atomic E-state index is 5.64. The summed E-state index contributed by atoms with van der Waals surface area (Å²) in [7, 11) is 0. The predicted molar refractivity (Wildman–Crippen MR) is 76.4 cm³/mol.